The van der Waals surface area contributed by atoms with Gasteiger partial charge < -0.3 is 0 Å². The molecule has 0 atom stereocenters. The van der Waals surface area contributed by atoms with E-state index in [2.05, 4.69) is 78.9 Å². The summed E-state index contributed by atoms with van der Waals surface area (Å²) in [6.45, 7) is 0. The van der Waals surface area contributed by atoms with E-state index in [-0.39, 0.29) is 5.41 Å². The number of allylic oxidation sites excluding steroid dienone is 2. The SMILES string of the molecule is N#CC=C1C(c2ccccc2)=PCC1(c1ccccc1)c1ccccc1. The first-order chi connectivity index (χ1) is 12.9. The molecule has 0 saturated heterocycles. The van der Waals surface area contributed by atoms with Gasteiger partial charge in [-0.25, -0.2) is 0 Å². The van der Waals surface area contributed by atoms with Crippen molar-refractivity contribution in [3.8, 4) is 6.07 Å². The van der Waals surface area contributed by atoms with Crippen molar-refractivity contribution < 1.29 is 0 Å². The molecular formula is C24H18NP. The van der Waals surface area contributed by atoms with Crippen LogP contribution in [0.2, 0.25) is 0 Å². The van der Waals surface area contributed by atoms with Gasteiger partial charge in [0.1, 0.15) is 0 Å². The molecule has 0 bridgehead atoms. The Morgan fingerprint density at radius 1 is 0.769 bits per heavy atom. The Kier molecular flexibility index (Phi) is 4.53. The Balaban J connectivity index is 1.96. The molecule has 2 heteroatoms. The summed E-state index contributed by atoms with van der Waals surface area (Å²) < 4.78 is 0. The molecule has 0 amide bonds. The Morgan fingerprint density at radius 2 is 1.27 bits per heavy atom. The van der Waals surface area contributed by atoms with Crippen LogP contribution in [0.1, 0.15) is 16.7 Å². The zero-order valence-electron chi connectivity index (χ0n) is 14.3. The zero-order chi connectivity index (χ0) is 17.8. The van der Waals surface area contributed by atoms with E-state index in [9.17, 15) is 5.26 Å². The summed E-state index contributed by atoms with van der Waals surface area (Å²) in [5, 5.41) is 10.8. The van der Waals surface area contributed by atoms with Crippen LogP contribution < -0.4 is 0 Å². The largest absolute Gasteiger partial charge is 0.193 e. The van der Waals surface area contributed by atoms with Crippen molar-refractivity contribution in [1.29, 1.82) is 5.26 Å². The maximum Gasteiger partial charge on any atom is 0.0915 e. The molecule has 1 heterocycles. The lowest BCUT2D eigenvalue weighted by Crippen LogP contribution is -2.32. The predicted molar refractivity (Wildman–Crippen MR) is 110 cm³/mol. The quantitative estimate of drug-likeness (QED) is 0.445. The lowest BCUT2D eigenvalue weighted by molar-refractivity contribution is 0.721. The third kappa shape index (κ3) is 2.70. The van der Waals surface area contributed by atoms with Gasteiger partial charge in [0.2, 0.25) is 0 Å². The summed E-state index contributed by atoms with van der Waals surface area (Å²) in [5.41, 5.74) is 4.51. The van der Waals surface area contributed by atoms with Gasteiger partial charge in [-0.05, 0) is 22.3 Å². The highest BCUT2D eigenvalue weighted by molar-refractivity contribution is 7.43. The minimum Gasteiger partial charge on any atom is -0.193 e. The van der Waals surface area contributed by atoms with Gasteiger partial charge in [-0.3, -0.25) is 0 Å². The van der Waals surface area contributed by atoms with Gasteiger partial charge in [-0.2, -0.15) is 5.26 Å². The number of hydrogen-bond donors (Lipinski definition) is 0. The van der Waals surface area contributed by atoms with Crippen LogP contribution in [0.5, 0.6) is 0 Å². The molecule has 3 aromatic carbocycles. The summed E-state index contributed by atoms with van der Waals surface area (Å²) in [4.78, 5) is 0. The fourth-order valence-corrected chi connectivity index (χ4v) is 5.46. The normalized spacial score (nSPS) is 17.5. The van der Waals surface area contributed by atoms with Gasteiger partial charge in [0.05, 0.1) is 11.5 Å². The van der Waals surface area contributed by atoms with Crippen molar-refractivity contribution in [2.45, 2.75) is 5.41 Å². The fraction of sp³-hybridized carbons (Fsp3) is 0.0833. The molecule has 0 aromatic heterocycles. The van der Waals surface area contributed by atoms with Crippen LogP contribution in [-0.4, -0.2) is 11.5 Å². The molecular weight excluding hydrogens is 333 g/mol. The smallest absolute Gasteiger partial charge is 0.0915 e. The summed E-state index contributed by atoms with van der Waals surface area (Å²) in [6.07, 6.45) is 2.70. The van der Waals surface area contributed by atoms with Gasteiger partial charge in [-0.15, -0.1) is 0 Å². The number of hydrogen-bond acceptors (Lipinski definition) is 1. The molecule has 3 aromatic rings. The molecule has 0 unspecified atom stereocenters. The van der Waals surface area contributed by atoms with Crippen molar-refractivity contribution in [1.82, 2.24) is 0 Å². The van der Waals surface area contributed by atoms with Crippen molar-refractivity contribution in [2.75, 3.05) is 6.16 Å². The van der Waals surface area contributed by atoms with E-state index >= 15 is 0 Å². The van der Waals surface area contributed by atoms with Gasteiger partial charge in [0.25, 0.3) is 0 Å². The zero-order valence-corrected chi connectivity index (χ0v) is 15.2. The van der Waals surface area contributed by atoms with Crippen molar-refractivity contribution >= 4 is 13.5 Å². The third-order valence-corrected chi connectivity index (χ3v) is 6.43. The summed E-state index contributed by atoms with van der Waals surface area (Å²) in [6, 6.07) is 33.9. The van der Waals surface area contributed by atoms with Crippen LogP contribution in [-0.2, 0) is 5.41 Å². The lowest BCUT2D eigenvalue weighted by atomic mass is 9.69. The monoisotopic (exact) mass is 351 g/mol. The summed E-state index contributed by atoms with van der Waals surface area (Å²) >= 11 is 0. The van der Waals surface area contributed by atoms with Crippen LogP contribution in [0.25, 0.3) is 0 Å². The van der Waals surface area contributed by atoms with Gasteiger partial charge in [0.15, 0.2) is 0 Å². The Morgan fingerprint density at radius 3 is 1.77 bits per heavy atom. The van der Waals surface area contributed by atoms with Crippen LogP contribution in [0.15, 0.2) is 103 Å². The van der Waals surface area contributed by atoms with Gasteiger partial charge >= 0.3 is 0 Å². The second kappa shape index (κ2) is 7.12. The average molecular weight is 351 g/mol. The molecule has 0 aliphatic carbocycles. The van der Waals surface area contributed by atoms with Crippen LogP contribution in [0, 0.1) is 11.3 Å². The van der Waals surface area contributed by atoms with E-state index in [0.29, 0.717) is 0 Å². The minimum absolute atomic E-state index is 0.287. The second-order valence-corrected chi connectivity index (χ2v) is 7.44. The lowest BCUT2D eigenvalue weighted by Gasteiger charge is -2.33. The first-order valence-electron chi connectivity index (χ1n) is 8.68. The Labute approximate surface area is 156 Å². The molecule has 0 radical (unpaired) electrons. The van der Waals surface area contributed by atoms with Crippen molar-refractivity contribution in [3.63, 3.8) is 0 Å². The number of benzene rings is 3. The Hall–Kier alpha value is -2.94. The molecule has 1 nitrogen and oxygen atoms in total. The van der Waals surface area contributed by atoms with E-state index in [1.165, 1.54) is 30.2 Å². The molecule has 1 aliphatic heterocycles. The minimum atomic E-state index is -0.287. The van der Waals surface area contributed by atoms with E-state index in [0.717, 1.165) is 11.7 Å². The maximum absolute atomic E-state index is 9.57. The van der Waals surface area contributed by atoms with E-state index < -0.39 is 0 Å². The summed E-state index contributed by atoms with van der Waals surface area (Å²) in [7, 11) is 1.25. The molecule has 0 N–H and O–H groups in total. The average Bonchev–Trinajstić information content (AvgIpc) is 3.10. The highest BCUT2D eigenvalue weighted by atomic mass is 31.1. The molecule has 4 rings (SSSR count). The second-order valence-electron chi connectivity index (χ2n) is 6.36. The maximum atomic E-state index is 9.57. The molecule has 26 heavy (non-hydrogen) atoms. The number of rotatable bonds is 3. The van der Waals surface area contributed by atoms with Crippen LogP contribution >= 0.6 is 8.20 Å². The van der Waals surface area contributed by atoms with E-state index in [1.807, 2.05) is 18.2 Å². The van der Waals surface area contributed by atoms with E-state index in [4.69, 9.17) is 0 Å². The van der Waals surface area contributed by atoms with Crippen molar-refractivity contribution in [2.24, 2.45) is 0 Å². The first kappa shape index (κ1) is 16.5. The summed E-state index contributed by atoms with van der Waals surface area (Å²) in [5.74, 6) is 0. The number of nitrogens with zero attached hydrogens (tertiary/aromatic N) is 1. The Bertz CT molecular complexity index is 957. The van der Waals surface area contributed by atoms with Gasteiger partial charge in [-0.1, -0.05) is 99.2 Å². The number of nitriles is 1. The molecule has 0 saturated carbocycles. The first-order valence-corrected chi connectivity index (χ1v) is 9.76. The van der Waals surface area contributed by atoms with E-state index in [1.54, 1.807) is 6.08 Å². The van der Waals surface area contributed by atoms with Crippen molar-refractivity contribution in [3.05, 3.63) is 119 Å². The highest BCUT2D eigenvalue weighted by Gasteiger charge is 2.43. The van der Waals surface area contributed by atoms with Crippen LogP contribution in [0.3, 0.4) is 0 Å². The molecule has 124 valence electrons. The fourth-order valence-electron chi connectivity index (χ4n) is 3.77. The standard InChI is InChI=1S/C24H18NP/c25-17-16-22-23(19-10-4-1-5-11-19)26-18-24(22,20-12-6-2-7-13-20)21-14-8-3-9-15-21/h1-16H,18H2. The predicted octanol–water partition coefficient (Wildman–Crippen LogP) is 5.60. The van der Waals surface area contributed by atoms with Crippen LogP contribution in [0.4, 0.5) is 0 Å². The molecule has 1 aliphatic rings. The molecule has 0 spiro atoms. The van der Waals surface area contributed by atoms with Gasteiger partial charge in [0, 0.05) is 17.5 Å². The highest BCUT2D eigenvalue weighted by Crippen LogP contribution is 2.49. The third-order valence-electron chi connectivity index (χ3n) is 4.98. The molecule has 0 fully saturated rings. The topological polar surface area (TPSA) is 23.8 Å².